The highest BCUT2D eigenvalue weighted by molar-refractivity contribution is 6.46. The first-order valence-corrected chi connectivity index (χ1v) is 11.1. The van der Waals surface area contributed by atoms with Gasteiger partial charge in [-0.15, -0.1) is 0 Å². The Morgan fingerprint density at radius 1 is 1.09 bits per heavy atom. The predicted molar refractivity (Wildman–Crippen MR) is 130 cm³/mol. The highest BCUT2D eigenvalue weighted by atomic mass is 16.5. The van der Waals surface area contributed by atoms with E-state index in [9.17, 15) is 14.7 Å². The van der Waals surface area contributed by atoms with Crippen molar-refractivity contribution < 1.29 is 19.4 Å². The molecule has 0 aliphatic carbocycles. The number of ether oxygens (including phenoxy) is 1. The number of rotatable bonds is 7. The van der Waals surface area contributed by atoms with Crippen LogP contribution in [0.1, 0.15) is 29.7 Å². The second-order valence-corrected chi connectivity index (χ2v) is 8.24. The van der Waals surface area contributed by atoms with Crippen molar-refractivity contribution in [2.75, 3.05) is 25.6 Å². The van der Waals surface area contributed by atoms with Crippen LogP contribution >= 0.6 is 0 Å². The quantitative estimate of drug-likeness (QED) is 0.326. The Kier molecular flexibility index (Phi) is 6.63. The first kappa shape index (κ1) is 23.0. The molecule has 2 aromatic carbocycles. The summed E-state index contributed by atoms with van der Waals surface area (Å²) in [6.07, 6.45) is 3.32. The number of likely N-dealkylation sites (tertiary alicyclic amines) is 1. The average Bonchev–Trinajstić information content (AvgIpc) is 3.09. The van der Waals surface area contributed by atoms with Crippen molar-refractivity contribution in [3.05, 3.63) is 95.3 Å². The Balaban J connectivity index is 1.84. The molecule has 7 nitrogen and oxygen atoms in total. The lowest BCUT2D eigenvalue weighted by atomic mass is 9.95. The van der Waals surface area contributed by atoms with Crippen LogP contribution in [0.2, 0.25) is 0 Å². The van der Waals surface area contributed by atoms with Gasteiger partial charge in [0.05, 0.1) is 18.2 Å². The minimum atomic E-state index is -0.743. The van der Waals surface area contributed by atoms with Crippen LogP contribution in [0, 0.1) is 0 Å². The van der Waals surface area contributed by atoms with Crippen molar-refractivity contribution in [3.63, 3.8) is 0 Å². The lowest BCUT2D eigenvalue weighted by Crippen LogP contribution is -2.29. The van der Waals surface area contributed by atoms with Gasteiger partial charge in [0.15, 0.2) is 0 Å². The number of benzene rings is 2. The number of ketones is 1. The van der Waals surface area contributed by atoms with Crippen LogP contribution in [0.5, 0.6) is 5.75 Å². The van der Waals surface area contributed by atoms with Crippen molar-refractivity contribution in [2.24, 2.45) is 0 Å². The third-order valence-electron chi connectivity index (χ3n) is 5.76. The molecule has 2 heterocycles. The number of pyridine rings is 1. The zero-order chi connectivity index (χ0) is 24.2. The molecule has 1 amide bonds. The zero-order valence-electron chi connectivity index (χ0n) is 19.4. The van der Waals surface area contributed by atoms with Crippen LogP contribution in [0.3, 0.4) is 0 Å². The maximum Gasteiger partial charge on any atom is 0.295 e. The number of aromatic nitrogens is 1. The predicted octanol–water partition coefficient (Wildman–Crippen LogP) is 4.17. The minimum Gasteiger partial charge on any atom is -0.507 e. The van der Waals surface area contributed by atoms with Gasteiger partial charge >= 0.3 is 0 Å². The van der Waals surface area contributed by atoms with E-state index in [1.807, 2.05) is 56.3 Å². The number of hydrogen-bond donors (Lipinski definition) is 1. The Labute approximate surface area is 198 Å². The molecule has 1 aliphatic rings. The number of nitrogens with zero attached hydrogens (tertiary/aromatic N) is 3. The Bertz CT molecular complexity index is 1220. The number of aliphatic hydroxyl groups excluding tert-OH is 1. The normalized spacial score (nSPS) is 17.1. The smallest absolute Gasteiger partial charge is 0.295 e. The van der Waals surface area contributed by atoms with Crippen molar-refractivity contribution in [2.45, 2.75) is 19.5 Å². The number of aliphatic hydroxyl groups is 1. The van der Waals surface area contributed by atoms with Gasteiger partial charge in [0.2, 0.25) is 0 Å². The standard InChI is InChI=1S/C27H27N3O4/c1-4-34-22-9-5-8-20(15-22)25(31)23-24(19-10-12-21(13-11-19)29(2)3)30(27(33)26(23)32)17-18-7-6-14-28-16-18/h5-16,24,31H,4,17H2,1-3H3/b25-23-. The van der Waals surface area contributed by atoms with E-state index in [0.29, 0.717) is 17.9 Å². The van der Waals surface area contributed by atoms with E-state index < -0.39 is 17.7 Å². The second kappa shape index (κ2) is 9.79. The summed E-state index contributed by atoms with van der Waals surface area (Å²) in [4.78, 5) is 34.0. The third kappa shape index (κ3) is 4.50. The number of carbonyl (C=O) groups excluding carboxylic acids is 2. The van der Waals surface area contributed by atoms with E-state index >= 15 is 0 Å². The van der Waals surface area contributed by atoms with Gasteiger partial charge in [-0.05, 0) is 48.4 Å². The van der Waals surface area contributed by atoms with Gasteiger partial charge < -0.3 is 19.6 Å². The van der Waals surface area contributed by atoms with E-state index in [2.05, 4.69) is 4.98 Å². The molecule has 0 saturated carbocycles. The van der Waals surface area contributed by atoms with E-state index in [0.717, 1.165) is 16.8 Å². The average molecular weight is 458 g/mol. The topological polar surface area (TPSA) is 83.0 Å². The van der Waals surface area contributed by atoms with Crippen LogP contribution in [0.25, 0.3) is 5.76 Å². The van der Waals surface area contributed by atoms with Crippen molar-refractivity contribution in [3.8, 4) is 5.75 Å². The summed E-state index contributed by atoms with van der Waals surface area (Å²) < 4.78 is 5.55. The fraction of sp³-hybridized carbons (Fsp3) is 0.222. The molecule has 0 radical (unpaired) electrons. The molecular weight excluding hydrogens is 430 g/mol. The van der Waals surface area contributed by atoms with Gasteiger partial charge in [-0.25, -0.2) is 0 Å². The molecule has 7 heteroatoms. The summed E-state index contributed by atoms with van der Waals surface area (Å²) in [7, 11) is 3.88. The summed E-state index contributed by atoms with van der Waals surface area (Å²) in [6.45, 7) is 2.53. The number of anilines is 1. The Morgan fingerprint density at radius 2 is 1.85 bits per heavy atom. The fourth-order valence-electron chi connectivity index (χ4n) is 4.09. The molecular formula is C27H27N3O4. The molecule has 1 saturated heterocycles. The van der Waals surface area contributed by atoms with Crippen LogP contribution in [0.4, 0.5) is 5.69 Å². The highest BCUT2D eigenvalue weighted by Crippen LogP contribution is 2.41. The van der Waals surface area contributed by atoms with Crippen LogP contribution in [-0.2, 0) is 16.1 Å². The molecule has 0 bridgehead atoms. The van der Waals surface area contributed by atoms with Crippen LogP contribution in [-0.4, -0.2) is 47.4 Å². The van der Waals surface area contributed by atoms with E-state index in [4.69, 9.17) is 4.74 Å². The minimum absolute atomic E-state index is 0.0557. The summed E-state index contributed by atoms with van der Waals surface area (Å²) in [5.41, 5.74) is 2.98. The SMILES string of the molecule is CCOc1cccc(/C(O)=C2/C(=O)C(=O)N(Cc3cccnc3)C2c2ccc(N(C)C)cc2)c1. The molecule has 1 unspecified atom stereocenters. The van der Waals surface area contributed by atoms with Gasteiger partial charge in [0.1, 0.15) is 11.5 Å². The Hall–Kier alpha value is -4.13. The largest absolute Gasteiger partial charge is 0.507 e. The maximum absolute atomic E-state index is 13.2. The first-order chi connectivity index (χ1) is 16.4. The highest BCUT2D eigenvalue weighted by Gasteiger charge is 2.46. The van der Waals surface area contributed by atoms with Gasteiger partial charge in [0, 0.05) is 44.3 Å². The van der Waals surface area contributed by atoms with Gasteiger partial charge in [-0.1, -0.05) is 30.3 Å². The number of hydrogen-bond acceptors (Lipinski definition) is 6. The van der Waals surface area contributed by atoms with E-state index in [-0.39, 0.29) is 17.9 Å². The van der Waals surface area contributed by atoms with Gasteiger partial charge in [0.25, 0.3) is 11.7 Å². The van der Waals surface area contributed by atoms with E-state index in [1.165, 1.54) is 4.90 Å². The number of amides is 1. The molecule has 34 heavy (non-hydrogen) atoms. The summed E-state index contributed by atoms with van der Waals surface area (Å²) in [5, 5.41) is 11.3. The molecule has 1 atom stereocenters. The van der Waals surface area contributed by atoms with Gasteiger partial charge in [-0.3, -0.25) is 14.6 Å². The first-order valence-electron chi connectivity index (χ1n) is 11.1. The molecule has 1 N–H and O–H groups in total. The third-order valence-corrected chi connectivity index (χ3v) is 5.76. The van der Waals surface area contributed by atoms with E-state index in [1.54, 1.807) is 42.7 Å². The summed E-state index contributed by atoms with van der Waals surface area (Å²) >= 11 is 0. The second-order valence-electron chi connectivity index (χ2n) is 8.24. The molecule has 1 aliphatic heterocycles. The molecule has 0 spiro atoms. The zero-order valence-corrected chi connectivity index (χ0v) is 19.4. The summed E-state index contributed by atoms with van der Waals surface area (Å²) in [6, 6.07) is 17.4. The number of carbonyl (C=O) groups is 2. The summed E-state index contributed by atoms with van der Waals surface area (Å²) in [5.74, 6) is -1.03. The molecule has 3 aromatic rings. The van der Waals surface area contributed by atoms with Crippen LogP contribution < -0.4 is 9.64 Å². The lowest BCUT2D eigenvalue weighted by Gasteiger charge is -2.26. The molecule has 1 aromatic heterocycles. The number of Topliss-reactive ketones (excluding diaryl/α,β-unsaturated/α-hetero) is 1. The Morgan fingerprint density at radius 3 is 2.50 bits per heavy atom. The lowest BCUT2D eigenvalue weighted by molar-refractivity contribution is -0.140. The molecule has 4 rings (SSSR count). The van der Waals surface area contributed by atoms with Crippen molar-refractivity contribution >= 4 is 23.1 Å². The maximum atomic E-state index is 13.2. The molecule has 174 valence electrons. The monoisotopic (exact) mass is 457 g/mol. The van der Waals surface area contributed by atoms with Crippen LogP contribution in [0.15, 0.2) is 78.6 Å². The van der Waals surface area contributed by atoms with Crippen molar-refractivity contribution in [1.82, 2.24) is 9.88 Å². The fourth-order valence-corrected chi connectivity index (χ4v) is 4.09. The molecule has 1 fully saturated rings. The van der Waals surface area contributed by atoms with Gasteiger partial charge in [-0.2, -0.15) is 0 Å². The van der Waals surface area contributed by atoms with Crippen molar-refractivity contribution in [1.29, 1.82) is 0 Å².